The number of ether oxygens (including phenoxy) is 1. The fourth-order valence-corrected chi connectivity index (χ4v) is 3.07. The van der Waals surface area contributed by atoms with Crippen LogP contribution >= 0.6 is 11.5 Å². The lowest BCUT2D eigenvalue weighted by molar-refractivity contribution is 0.415. The van der Waals surface area contributed by atoms with Crippen LogP contribution in [-0.2, 0) is 6.54 Å². The third-order valence-electron chi connectivity index (χ3n) is 3.47. The van der Waals surface area contributed by atoms with Crippen LogP contribution in [0.5, 0.6) is 5.75 Å². The van der Waals surface area contributed by atoms with Crippen LogP contribution in [0.2, 0.25) is 0 Å². The first-order valence-corrected chi connectivity index (χ1v) is 7.82. The molecule has 0 fully saturated rings. The van der Waals surface area contributed by atoms with E-state index in [1.165, 1.54) is 15.6 Å². The van der Waals surface area contributed by atoms with E-state index in [9.17, 15) is 0 Å². The average Bonchev–Trinajstić information content (AvgIpc) is 3.00. The van der Waals surface area contributed by atoms with Crippen LogP contribution in [0.3, 0.4) is 0 Å². The van der Waals surface area contributed by atoms with Crippen molar-refractivity contribution in [2.24, 2.45) is 0 Å². The molecule has 3 nitrogen and oxygen atoms in total. The number of nitrogens with one attached hydrogen (secondary N) is 1. The zero-order valence-electron chi connectivity index (χ0n) is 12.2. The van der Waals surface area contributed by atoms with Crippen molar-refractivity contribution in [3.8, 4) is 17.0 Å². The number of hydrogen-bond acceptors (Lipinski definition) is 4. The first-order valence-electron chi connectivity index (χ1n) is 7.05. The van der Waals surface area contributed by atoms with Gasteiger partial charge in [0.15, 0.2) is 0 Å². The lowest BCUT2D eigenvalue weighted by atomic mass is 10.0. The van der Waals surface area contributed by atoms with Crippen LogP contribution in [0.25, 0.3) is 22.0 Å². The summed E-state index contributed by atoms with van der Waals surface area (Å²) in [5.74, 6) is 0.873. The second-order valence-corrected chi connectivity index (χ2v) is 5.74. The van der Waals surface area contributed by atoms with Gasteiger partial charge in [-0.2, -0.15) is 4.37 Å². The Bertz CT molecular complexity index is 751. The highest BCUT2D eigenvalue weighted by molar-refractivity contribution is 7.06. The van der Waals surface area contributed by atoms with Gasteiger partial charge in [0.1, 0.15) is 5.75 Å². The quantitative estimate of drug-likeness (QED) is 0.770. The average molecular weight is 298 g/mol. The highest BCUT2D eigenvalue weighted by Gasteiger charge is 2.09. The van der Waals surface area contributed by atoms with Crippen molar-refractivity contribution < 1.29 is 4.74 Å². The van der Waals surface area contributed by atoms with Gasteiger partial charge in [0.05, 0.1) is 12.8 Å². The second kappa shape index (κ2) is 6.24. The summed E-state index contributed by atoms with van der Waals surface area (Å²) in [7, 11) is 1.70. The zero-order valence-corrected chi connectivity index (χ0v) is 13.0. The third-order valence-corrected chi connectivity index (χ3v) is 4.26. The van der Waals surface area contributed by atoms with E-state index in [4.69, 9.17) is 4.74 Å². The van der Waals surface area contributed by atoms with Crippen molar-refractivity contribution in [3.63, 3.8) is 0 Å². The molecule has 0 unspecified atom stereocenters. The Balaban J connectivity index is 2.04. The molecule has 2 aromatic carbocycles. The largest absolute Gasteiger partial charge is 0.497 e. The number of benzene rings is 2. The predicted octanol–water partition coefficient (Wildman–Crippen LogP) is 4.08. The normalized spacial score (nSPS) is 11.0. The summed E-state index contributed by atoms with van der Waals surface area (Å²) in [6, 6.07) is 14.6. The molecule has 1 heterocycles. The van der Waals surface area contributed by atoms with Gasteiger partial charge >= 0.3 is 0 Å². The minimum atomic E-state index is 0.873. The highest BCUT2D eigenvalue weighted by Crippen LogP contribution is 2.31. The first-order chi connectivity index (χ1) is 10.3. The minimum Gasteiger partial charge on any atom is -0.497 e. The van der Waals surface area contributed by atoms with Gasteiger partial charge in [0.25, 0.3) is 0 Å². The Kier molecular flexibility index (Phi) is 4.18. The van der Waals surface area contributed by atoms with Crippen LogP contribution in [0.15, 0.2) is 42.5 Å². The molecule has 1 N–H and O–H groups in total. The Hall–Kier alpha value is -1.91. The van der Waals surface area contributed by atoms with Crippen LogP contribution in [0, 0.1) is 0 Å². The fraction of sp³-hybridized carbons (Fsp3) is 0.235. The number of hydrogen-bond donors (Lipinski definition) is 1. The standard InChI is InChI=1S/C17H18N2OS/c1-3-18-11-14-10-17(19-21-14)15-6-4-5-12-7-8-13(20-2)9-16(12)15/h4-10,18H,3,11H2,1-2H3. The summed E-state index contributed by atoms with van der Waals surface area (Å²) in [4.78, 5) is 1.26. The molecule has 0 aliphatic heterocycles. The molecule has 0 atom stereocenters. The van der Waals surface area contributed by atoms with Crippen LogP contribution in [0.4, 0.5) is 0 Å². The number of aromatic nitrogens is 1. The summed E-state index contributed by atoms with van der Waals surface area (Å²) < 4.78 is 9.95. The molecule has 108 valence electrons. The summed E-state index contributed by atoms with van der Waals surface area (Å²) in [5.41, 5.74) is 2.19. The molecule has 21 heavy (non-hydrogen) atoms. The molecule has 0 aliphatic carbocycles. The SMILES string of the molecule is CCNCc1cc(-c2cccc3ccc(OC)cc23)ns1. The molecule has 3 rings (SSSR count). The van der Waals surface area contributed by atoms with Crippen molar-refractivity contribution in [1.82, 2.24) is 9.69 Å². The molecule has 0 saturated carbocycles. The molecule has 3 aromatic rings. The molecular formula is C17H18N2OS. The number of nitrogens with zero attached hydrogens (tertiary/aromatic N) is 1. The van der Waals surface area contributed by atoms with Crippen LogP contribution < -0.4 is 10.1 Å². The third kappa shape index (κ3) is 2.91. The van der Waals surface area contributed by atoms with Gasteiger partial charge in [0.2, 0.25) is 0 Å². The van der Waals surface area contributed by atoms with Gasteiger partial charge in [-0.15, -0.1) is 0 Å². The van der Waals surface area contributed by atoms with Crippen LogP contribution in [0.1, 0.15) is 11.8 Å². The van der Waals surface area contributed by atoms with E-state index in [0.717, 1.165) is 30.1 Å². The summed E-state index contributed by atoms with van der Waals surface area (Å²) in [6.45, 7) is 3.96. The summed E-state index contributed by atoms with van der Waals surface area (Å²) >= 11 is 1.56. The highest BCUT2D eigenvalue weighted by atomic mass is 32.1. The fourth-order valence-electron chi connectivity index (χ4n) is 2.37. The zero-order chi connectivity index (χ0) is 14.7. The van der Waals surface area contributed by atoms with Crippen LogP contribution in [-0.4, -0.2) is 18.0 Å². The van der Waals surface area contributed by atoms with Crippen molar-refractivity contribution in [2.45, 2.75) is 13.5 Å². The number of fused-ring (bicyclic) bond motifs is 1. The molecule has 0 bridgehead atoms. The predicted molar refractivity (Wildman–Crippen MR) is 89.0 cm³/mol. The molecule has 0 spiro atoms. The second-order valence-electron chi connectivity index (χ2n) is 4.85. The number of methoxy groups -OCH3 is 1. The topological polar surface area (TPSA) is 34.1 Å². The van der Waals surface area contributed by atoms with Gasteiger partial charge in [-0.3, -0.25) is 0 Å². The van der Waals surface area contributed by atoms with Gasteiger partial charge in [0, 0.05) is 17.0 Å². The minimum absolute atomic E-state index is 0.873. The molecule has 0 aliphatic rings. The molecule has 0 amide bonds. The number of rotatable bonds is 5. The van der Waals surface area contributed by atoms with E-state index in [-0.39, 0.29) is 0 Å². The molecule has 1 aromatic heterocycles. The van der Waals surface area contributed by atoms with E-state index in [1.54, 1.807) is 18.6 Å². The van der Waals surface area contributed by atoms with Crippen molar-refractivity contribution >= 4 is 22.3 Å². The van der Waals surface area contributed by atoms with Gasteiger partial charge in [-0.25, -0.2) is 0 Å². The molecule has 0 saturated heterocycles. The maximum atomic E-state index is 5.34. The van der Waals surface area contributed by atoms with E-state index >= 15 is 0 Å². The van der Waals surface area contributed by atoms with Gasteiger partial charge in [-0.05, 0) is 47.0 Å². The van der Waals surface area contributed by atoms with Gasteiger partial charge < -0.3 is 10.1 Å². The van der Waals surface area contributed by atoms with E-state index in [1.807, 2.05) is 6.07 Å². The maximum Gasteiger partial charge on any atom is 0.119 e. The molecule has 0 radical (unpaired) electrons. The van der Waals surface area contributed by atoms with Crippen molar-refractivity contribution in [3.05, 3.63) is 47.3 Å². The molecular weight excluding hydrogens is 280 g/mol. The van der Waals surface area contributed by atoms with E-state index in [2.05, 4.69) is 53.0 Å². The lowest BCUT2D eigenvalue weighted by Crippen LogP contribution is -2.10. The summed E-state index contributed by atoms with van der Waals surface area (Å²) in [6.07, 6.45) is 0. The van der Waals surface area contributed by atoms with Crippen molar-refractivity contribution in [1.29, 1.82) is 0 Å². The lowest BCUT2D eigenvalue weighted by Gasteiger charge is -2.06. The van der Waals surface area contributed by atoms with E-state index < -0.39 is 0 Å². The summed E-state index contributed by atoms with van der Waals surface area (Å²) in [5, 5.41) is 5.72. The molecule has 4 heteroatoms. The Morgan fingerprint density at radius 3 is 2.90 bits per heavy atom. The maximum absolute atomic E-state index is 5.34. The Morgan fingerprint density at radius 2 is 2.10 bits per heavy atom. The van der Waals surface area contributed by atoms with Gasteiger partial charge in [-0.1, -0.05) is 31.2 Å². The Morgan fingerprint density at radius 1 is 1.19 bits per heavy atom. The Labute approximate surface area is 128 Å². The van der Waals surface area contributed by atoms with Crippen molar-refractivity contribution in [2.75, 3.05) is 13.7 Å². The monoisotopic (exact) mass is 298 g/mol. The van der Waals surface area contributed by atoms with E-state index in [0.29, 0.717) is 0 Å². The smallest absolute Gasteiger partial charge is 0.119 e. The first kappa shape index (κ1) is 14.0.